The zero-order valence-corrected chi connectivity index (χ0v) is 31.4. The summed E-state index contributed by atoms with van der Waals surface area (Å²) < 4.78 is 11.0. The molecule has 0 unspecified atom stereocenters. The fourth-order valence-corrected chi connectivity index (χ4v) is 6.11. The van der Waals surface area contributed by atoms with Crippen LogP contribution in [0.15, 0.2) is 24.3 Å². The van der Waals surface area contributed by atoms with Gasteiger partial charge in [0.2, 0.25) is 5.78 Å². The van der Waals surface area contributed by atoms with Crippen LogP contribution in [0.3, 0.4) is 0 Å². The minimum Gasteiger partial charge on any atom is -0.394 e. The van der Waals surface area contributed by atoms with Gasteiger partial charge in [0, 0.05) is 6.42 Å². The summed E-state index contributed by atoms with van der Waals surface area (Å²) in [6, 6.07) is -1.04. The second-order valence-electron chi connectivity index (χ2n) is 14.1. The van der Waals surface area contributed by atoms with E-state index in [1.54, 1.807) is 6.08 Å². The molecule has 0 aliphatic carbocycles. The van der Waals surface area contributed by atoms with Crippen LogP contribution in [0.5, 0.6) is 0 Å². The van der Waals surface area contributed by atoms with Crippen LogP contribution in [0.2, 0.25) is 0 Å². The predicted molar refractivity (Wildman–Crippen MR) is 198 cm³/mol. The quantitative estimate of drug-likeness (QED) is 0.0265. The molecule has 1 rings (SSSR count). The van der Waals surface area contributed by atoms with Crippen molar-refractivity contribution in [2.75, 3.05) is 13.2 Å². The van der Waals surface area contributed by atoms with Crippen LogP contribution in [-0.2, 0) is 19.1 Å². The van der Waals surface area contributed by atoms with E-state index in [1.807, 2.05) is 6.08 Å². The molecule has 0 saturated carbocycles. The third-order valence-electron chi connectivity index (χ3n) is 9.49. The fourth-order valence-electron chi connectivity index (χ4n) is 6.11. The summed E-state index contributed by atoms with van der Waals surface area (Å²) in [6.45, 7) is 3.48. The van der Waals surface area contributed by atoms with Gasteiger partial charge in [-0.15, -0.1) is 0 Å². The van der Waals surface area contributed by atoms with Crippen molar-refractivity contribution >= 4 is 11.7 Å². The minimum absolute atomic E-state index is 0.115. The Labute approximate surface area is 303 Å². The van der Waals surface area contributed by atoms with Gasteiger partial charge in [0.05, 0.1) is 25.4 Å². The first-order chi connectivity index (χ1) is 24.3. The summed E-state index contributed by atoms with van der Waals surface area (Å²) in [5.41, 5.74) is 0. The molecule has 0 bridgehead atoms. The summed E-state index contributed by atoms with van der Waals surface area (Å²) in [5.74, 6) is -1.39. The van der Waals surface area contributed by atoms with Crippen molar-refractivity contribution in [3.05, 3.63) is 24.3 Å². The van der Waals surface area contributed by atoms with Crippen molar-refractivity contribution in [3.8, 4) is 0 Å². The van der Waals surface area contributed by atoms with Crippen molar-refractivity contribution < 1.29 is 44.6 Å². The SMILES string of the molecule is CCCCCCC=CCCCCCC=C[C@@H](O)[C@H](CO[C@@H]1O[C@H](CO)[C@@H](O)[C@H](O)[C@H]1O)NC(=O)C(=O)CCCCCCCCCCCCCC. The Hall–Kier alpha value is -1.66. The van der Waals surface area contributed by atoms with Crippen molar-refractivity contribution in [1.29, 1.82) is 0 Å². The Morgan fingerprint density at radius 2 is 1.16 bits per heavy atom. The molecule has 0 aromatic heterocycles. The molecule has 7 atom stereocenters. The predicted octanol–water partition coefficient (Wildman–Crippen LogP) is 6.34. The Bertz CT molecular complexity index is 896. The average molecular weight is 712 g/mol. The Balaban J connectivity index is 2.53. The van der Waals surface area contributed by atoms with Crippen LogP contribution in [-0.4, -0.2) is 93.3 Å². The Kier molecular flexibility index (Phi) is 28.7. The largest absolute Gasteiger partial charge is 0.394 e. The Morgan fingerprint density at radius 3 is 1.70 bits per heavy atom. The maximum atomic E-state index is 12.8. The lowest BCUT2D eigenvalue weighted by molar-refractivity contribution is -0.302. The highest BCUT2D eigenvalue weighted by atomic mass is 16.7. The van der Waals surface area contributed by atoms with Gasteiger partial charge in [0.1, 0.15) is 24.4 Å². The molecule has 6 N–H and O–H groups in total. The number of rotatable bonds is 32. The van der Waals surface area contributed by atoms with Crippen molar-refractivity contribution in [2.24, 2.45) is 0 Å². The van der Waals surface area contributed by atoms with E-state index >= 15 is 0 Å². The molecule has 0 aromatic rings. The highest BCUT2D eigenvalue weighted by Gasteiger charge is 2.44. The molecule has 1 amide bonds. The minimum atomic E-state index is -1.62. The van der Waals surface area contributed by atoms with E-state index in [2.05, 4.69) is 31.3 Å². The number of hydrogen-bond acceptors (Lipinski definition) is 9. The van der Waals surface area contributed by atoms with Crippen LogP contribution in [0.1, 0.15) is 162 Å². The van der Waals surface area contributed by atoms with Crippen LogP contribution >= 0.6 is 0 Å². The molecule has 1 saturated heterocycles. The fraction of sp³-hybridized carbons (Fsp3) is 0.850. The topological polar surface area (TPSA) is 166 Å². The lowest BCUT2D eigenvalue weighted by Crippen LogP contribution is -2.60. The molecular formula is C40H73NO9. The Morgan fingerprint density at radius 1 is 0.680 bits per heavy atom. The van der Waals surface area contributed by atoms with Crippen LogP contribution < -0.4 is 5.32 Å². The van der Waals surface area contributed by atoms with Gasteiger partial charge < -0.3 is 40.3 Å². The van der Waals surface area contributed by atoms with E-state index in [4.69, 9.17) is 9.47 Å². The molecule has 10 nitrogen and oxygen atoms in total. The van der Waals surface area contributed by atoms with Crippen molar-refractivity contribution in [2.45, 2.75) is 204 Å². The normalized spacial score (nSPS) is 22.3. The lowest BCUT2D eigenvalue weighted by atomic mass is 9.99. The molecule has 0 aromatic carbocycles. The van der Waals surface area contributed by atoms with Crippen molar-refractivity contribution in [3.63, 3.8) is 0 Å². The smallest absolute Gasteiger partial charge is 0.287 e. The number of aliphatic hydroxyl groups is 5. The number of ether oxygens (including phenoxy) is 2. The maximum Gasteiger partial charge on any atom is 0.287 e. The van der Waals surface area contributed by atoms with E-state index in [0.29, 0.717) is 6.42 Å². The number of allylic oxidation sites excluding steroid dienone is 3. The van der Waals surface area contributed by atoms with Gasteiger partial charge in [-0.1, -0.05) is 134 Å². The first-order valence-corrected chi connectivity index (χ1v) is 20.0. The van der Waals surface area contributed by atoms with E-state index in [1.165, 1.54) is 77.0 Å². The number of aliphatic hydroxyl groups excluding tert-OH is 5. The molecule has 50 heavy (non-hydrogen) atoms. The molecule has 1 aliphatic heterocycles. The molecule has 292 valence electrons. The zero-order chi connectivity index (χ0) is 36.8. The van der Waals surface area contributed by atoms with E-state index in [9.17, 15) is 35.1 Å². The molecule has 1 aliphatic rings. The standard InChI is InChI=1S/C40H73NO9/c1-3-5-7-9-11-13-15-17-19-20-22-24-26-28-33(43)32(31-49-40-38(47)37(46)36(45)35(30-42)50-40)41-39(48)34(44)29-27-25-23-21-18-16-14-12-10-8-6-4-2/h13,15,26,28,32-33,35-38,40,42-43,45-47H,3-12,14,16-25,27,29-31H2,1-2H3,(H,41,48)/t32-,33+,35+,36+,37-,38+,40+/m0/s1. The lowest BCUT2D eigenvalue weighted by Gasteiger charge is -2.40. The van der Waals surface area contributed by atoms with Gasteiger partial charge >= 0.3 is 0 Å². The number of hydrogen-bond donors (Lipinski definition) is 6. The van der Waals surface area contributed by atoms with E-state index < -0.39 is 61.1 Å². The number of amides is 1. The number of ketones is 1. The summed E-state index contributed by atoms with van der Waals surface area (Å²) in [5, 5.41) is 53.6. The molecule has 1 heterocycles. The summed E-state index contributed by atoms with van der Waals surface area (Å²) in [6.07, 6.45) is 24.5. The van der Waals surface area contributed by atoms with Gasteiger partial charge in [-0.25, -0.2) is 0 Å². The number of nitrogens with one attached hydrogen (secondary N) is 1. The molecular weight excluding hydrogens is 638 g/mol. The van der Waals surface area contributed by atoms with Gasteiger partial charge in [-0.05, 0) is 44.9 Å². The van der Waals surface area contributed by atoms with E-state index in [0.717, 1.165) is 57.8 Å². The van der Waals surface area contributed by atoms with Crippen LogP contribution in [0.4, 0.5) is 0 Å². The van der Waals surface area contributed by atoms with E-state index in [-0.39, 0.29) is 13.0 Å². The highest BCUT2D eigenvalue weighted by molar-refractivity contribution is 6.36. The summed E-state index contributed by atoms with van der Waals surface area (Å²) in [4.78, 5) is 25.5. The molecule has 0 spiro atoms. The highest BCUT2D eigenvalue weighted by Crippen LogP contribution is 2.22. The molecule has 0 radical (unpaired) electrons. The van der Waals surface area contributed by atoms with Gasteiger partial charge in [0.15, 0.2) is 6.29 Å². The number of unbranched alkanes of at least 4 members (excludes halogenated alkanes) is 19. The molecule has 10 heteroatoms. The van der Waals surface area contributed by atoms with Crippen LogP contribution in [0.25, 0.3) is 0 Å². The molecule has 1 fully saturated rings. The third kappa shape index (κ3) is 21.6. The first-order valence-electron chi connectivity index (χ1n) is 20.0. The number of Topliss-reactive ketones (excluding diaryl/α,β-unsaturated/α-hetero) is 1. The van der Waals surface area contributed by atoms with Crippen molar-refractivity contribution in [1.82, 2.24) is 5.32 Å². The van der Waals surface area contributed by atoms with Gasteiger partial charge in [-0.3, -0.25) is 9.59 Å². The second kappa shape index (κ2) is 30.9. The third-order valence-corrected chi connectivity index (χ3v) is 9.49. The van der Waals surface area contributed by atoms with Crippen LogP contribution in [0, 0.1) is 0 Å². The van der Waals surface area contributed by atoms with Gasteiger partial charge in [0.25, 0.3) is 5.91 Å². The summed E-state index contributed by atoms with van der Waals surface area (Å²) >= 11 is 0. The number of carbonyl (C=O) groups is 2. The number of carbonyl (C=O) groups excluding carboxylic acids is 2. The first kappa shape index (κ1) is 46.4. The van der Waals surface area contributed by atoms with Gasteiger partial charge in [-0.2, -0.15) is 0 Å². The zero-order valence-electron chi connectivity index (χ0n) is 31.4. The monoisotopic (exact) mass is 712 g/mol. The summed E-state index contributed by atoms with van der Waals surface area (Å²) in [7, 11) is 0. The maximum absolute atomic E-state index is 12.8. The second-order valence-corrected chi connectivity index (χ2v) is 14.1. The average Bonchev–Trinajstić information content (AvgIpc) is 3.11.